The van der Waals surface area contributed by atoms with E-state index in [1.807, 2.05) is 20.8 Å². The van der Waals surface area contributed by atoms with E-state index in [9.17, 15) is 9.59 Å². The van der Waals surface area contributed by atoms with Crippen LogP contribution in [0, 0.1) is 0 Å². The second-order valence-corrected chi connectivity index (χ2v) is 4.77. The third-order valence-electron chi connectivity index (χ3n) is 1.79. The molecular weight excluding hydrogens is 220 g/mol. The minimum absolute atomic E-state index is 0.225. The van der Waals surface area contributed by atoms with E-state index >= 15 is 0 Å². The molecule has 0 saturated heterocycles. The average Bonchev–Trinajstić information content (AvgIpc) is 2.19. The van der Waals surface area contributed by atoms with E-state index < -0.39 is 5.60 Å². The molecule has 0 radical (unpaired) electrons. The minimum Gasteiger partial charge on any atom is -0.461 e. The summed E-state index contributed by atoms with van der Waals surface area (Å²) in [5, 5.41) is 0. The number of rotatable bonds is 7. The highest BCUT2D eigenvalue weighted by Gasteiger charge is 2.15. The molecule has 0 fully saturated rings. The number of carbonyl (C=O) groups excluding carboxylic acids is 2. The summed E-state index contributed by atoms with van der Waals surface area (Å²) in [7, 11) is 0. The Morgan fingerprint density at radius 1 is 1.12 bits per heavy atom. The Bertz CT molecular complexity index is 263. The van der Waals surface area contributed by atoms with Gasteiger partial charge in [0, 0.05) is 12.8 Å². The van der Waals surface area contributed by atoms with Crippen molar-refractivity contribution < 1.29 is 19.1 Å². The predicted molar refractivity (Wildman–Crippen MR) is 65.5 cm³/mol. The van der Waals surface area contributed by atoms with Crippen LogP contribution in [0.15, 0.2) is 12.7 Å². The standard InChI is InChI=1S/C13H22O4/c1-5-10-16-11(14)8-6-7-9-12(15)17-13(2,3)4/h5H,1,6-10H2,2-4H3. The molecule has 0 bridgehead atoms. The van der Waals surface area contributed by atoms with Gasteiger partial charge in [0.25, 0.3) is 0 Å². The van der Waals surface area contributed by atoms with Crippen LogP contribution in [0.4, 0.5) is 0 Å². The van der Waals surface area contributed by atoms with Crippen LogP contribution in [-0.4, -0.2) is 24.1 Å². The predicted octanol–water partition coefficient (Wildman–Crippen LogP) is 2.62. The van der Waals surface area contributed by atoms with Gasteiger partial charge in [0.15, 0.2) is 0 Å². The number of esters is 2. The number of carbonyl (C=O) groups is 2. The maximum atomic E-state index is 11.3. The first kappa shape index (κ1) is 15.7. The fourth-order valence-electron chi connectivity index (χ4n) is 1.16. The van der Waals surface area contributed by atoms with Crippen molar-refractivity contribution in [3.8, 4) is 0 Å². The van der Waals surface area contributed by atoms with Gasteiger partial charge in [0.05, 0.1) is 0 Å². The molecule has 0 aromatic carbocycles. The molecule has 0 aromatic heterocycles. The third kappa shape index (κ3) is 11.0. The van der Waals surface area contributed by atoms with Crippen molar-refractivity contribution in [2.45, 2.75) is 52.1 Å². The van der Waals surface area contributed by atoms with E-state index in [1.165, 1.54) is 6.08 Å². The van der Waals surface area contributed by atoms with Crippen molar-refractivity contribution in [3.63, 3.8) is 0 Å². The molecule has 17 heavy (non-hydrogen) atoms. The van der Waals surface area contributed by atoms with Crippen molar-refractivity contribution in [1.82, 2.24) is 0 Å². The van der Waals surface area contributed by atoms with Gasteiger partial charge in [-0.3, -0.25) is 9.59 Å². The summed E-state index contributed by atoms with van der Waals surface area (Å²) in [5.41, 5.74) is -0.444. The monoisotopic (exact) mass is 242 g/mol. The third-order valence-corrected chi connectivity index (χ3v) is 1.79. The summed E-state index contributed by atoms with van der Waals surface area (Å²) >= 11 is 0. The highest BCUT2D eigenvalue weighted by atomic mass is 16.6. The SMILES string of the molecule is C=CCOC(=O)CCCCC(=O)OC(C)(C)C. The van der Waals surface area contributed by atoms with E-state index in [2.05, 4.69) is 6.58 Å². The van der Waals surface area contributed by atoms with Crippen LogP contribution < -0.4 is 0 Å². The Labute approximate surface area is 103 Å². The summed E-state index contributed by atoms with van der Waals surface area (Å²) in [5.74, 6) is -0.481. The van der Waals surface area contributed by atoms with Crippen LogP contribution in [0.2, 0.25) is 0 Å². The maximum absolute atomic E-state index is 11.3. The fraction of sp³-hybridized carbons (Fsp3) is 0.692. The van der Waals surface area contributed by atoms with Crippen LogP contribution in [0.1, 0.15) is 46.5 Å². The molecule has 0 aliphatic heterocycles. The topological polar surface area (TPSA) is 52.6 Å². The molecule has 4 heteroatoms. The molecule has 0 unspecified atom stereocenters. The number of hydrogen-bond acceptors (Lipinski definition) is 4. The van der Waals surface area contributed by atoms with Gasteiger partial charge in [-0.25, -0.2) is 0 Å². The quantitative estimate of drug-likeness (QED) is 0.391. The smallest absolute Gasteiger partial charge is 0.306 e. The number of hydrogen-bond donors (Lipinski definition) is 0. The van der Waals surface area contributed by atoms with Gasteiger partial charge < -0.3 is 9.47 Å². The average molecular weight is 242 g/mol. The Balaban J connectivity index is 3.54. The van der Waals surface area contributed by atoms with E-state index in [0.717, 1.165) is 0 Å². The highest BCUT2D eigenvalue weighted by molar-refractivity contribution is 5.70. The molecule has 0 heterocycles. The molecule has 4 nitrogen and oxygen atoms in total. The maximum Gasteiger partial charge on any atom is 0.306 e. The van der Waals surface area contributed by atoms with Crippen LogP contribution in [0.25, 0.3) is 0 Å². The second-order valence-electron chi connectivity index (χ2n) is 4.77. The lowest BCUT2D eigenvalue weighted by Crippen LogP contribution is -2.23. The van der Waals surface area contributed by atoms with Crippen LogP contribution in [0.3, 0.4) is 0 Å². The summed E-state index contributed by atoms with van der Waals surface area (Å²) in [6, 6.07) is 0. The second kappa shape index (κ2) is 7.87. The summed E-state index contributed by atoms with van der Waals surface area (Å²) < 4.78 is 9.95. The number of unbranched alkanes of at least 4 members (excludes halogenated alkanes) is 1. The van der Waals surface area contributed by atoms with Gasteiger partial charge in [-0.05, 0) is 33.6 Å². The zero-order valence-electron chi connectivity index (χ0n) is 11.0. The van der Waals surface area contributed by atoms with Gasteiger partial charge >= 0.3 is 11.9 Å². The van der Waals surface area contributed by atoms with Crippen molar-refractivity contribution in [3.05, 3.63) is 12.7 Å². The van der Waals surface area contributed by atoms with Crippen molar-refractivity contribution >= 4 is 11.9 Å². The molecule has 0 spiro atoms. The van der Waals surface area contributed by atoms with Crippen molar-refractivity contribution in [1.29, 1.82) is 0 Å². The Morgan fingerprint density at radius 2 is 1.65 bits per heavy atom. The lowest BCUT2D eigenvalue weighted by atomic mass is 10.1. The van der Waals surface area contributed by atoms with Gasteiger partial charge in [0.1, 0.15) is 12.2 Å². The summed E-state index contributed by atoms with van der Waals surface area (Å²) in [6.45, 7) is 9.18. The Morgan fingerprint density at radius 3 is 2.12 bits per heavy atom. The molecule has 0 N–H and O–H groups in total. The molecule has 0 amide bonds. The molecule has 0 aliphatic carbocycles. The summed E-state index contributed by atoms with van der Waals surface area (Å²) in [4.78, 5) is 22.4. The van der Waals surface area contributed by atoms with Gasteiger partial charge in [-0.1, -0.05) is 12.7 Å². The van der Waals surface area contributed by atoms with Crippen LogP contribution in [-0.2, 0) is 19.1 Å². The Hall–Kier alpha value is -1.32. The molecule has 0 saturated carbocycles. The zero-order valence-corrected chi connectivity index (χ0v) is 11.0. The van der Waals surface area contributed by atoms with Gasteiger partial charge in [0.2, 0.25) is 0 Å². The van der Waals surface area contributed by atoms with E-state index in [0.29, 0.717) is 25.7 Å². The Kier molecular flexibility index (Phi) is 7.26. The van der Waals surface area contributed by atoms with E-state index in [-0.39, 0.29) is 18.5 Å². The van der Waals surface area contributed by atoms with Crippen LogP contribution >= 0.6 is 0 Å². The summed E-state index contributed by atoms with van der Waals surface area (Å²) in [6.07, 6.45) is 3.47. The highest BCUT2D eigenvalue weighted by Crippen LogP contribution is 2.10. The van der Waals surface area contributed by atoms with Crippen molar-refractivity contribution in [2.75, 3.05) is 6.61 Å². The first-order valence-electron chi connectivity index (χ1n) is 5.83. The largest absolute Gasteiger partial charge is 0.461 e. The lowest BCUT2D eigenvalue weighted by molar-refractivity contribution is -0.155. The van der Waals surface area contributed by atoms with E-state index in [4.69, 9.17) is 9.47 Å². The van der Waals surface area contributed by atoms with Gasteiger partial charge in [-0.15, -0.1) is 0 Å². The zero-order chi connectivity index (χ0) is 13.3. The van der Waals surface area contributed by atoms with Gasteiger partial charge in [-0.2, -0.15) is 0 Å². The normalized spacial score (nSPS) is 10.8. The molecule has 0 atom stereocenters. The van der Waals surface area contributed by atoms with E-state index in [1.54, 1.807) is 0 Å². The van der Waals surface area contributed by atoms with Crippen LogP contribution in [0.5, 0.6) is 0 Å². The number of ether oxygens (including phenoxy) is 2. The molecule has 98 valence electrons. The molecule has 0 aliphatic rings. The fourth-order valence-corrected chi connectivity index (χ4v) is 1.16. The molecule has 0 aromatic rings. The molecular formula is C13H22O4. The first-order chi connectivity index (χ1) is 7.85. The molecule has 0 rings (SSSR count). The lowest BCUT2D eigenvalue weighted by Gasteiger charge is -2.19. The first-order valence-corrected chi connectivity index (χ1v) is 5.83. The van der Waals surface area contributed by atoms with Crippen molar-refractivity contribution in [2.24, 2.45) is 0 Å². The minimum atomic E-state index is -0.444.